The number of carbonyl (C=O) groups is 1. The number of rotatable bonds is 6. The Labute approximate surface area is 182 Å². The minimum atomic E-state index is -3.72. The summed E-state index contributed by atoms with van der Waals surface area (Å²) < 4.78 is 33.7. The zero-order valence-electron chi connectivity index (χ0n) is 17.1. The molecule has 3 aromatic rings. The zero-order chi connectivity index (χ0) is 21.8. The first-order valence-electron chi connectivity index (χ1n) is 10.1. The van der Waals surface area contributed by atoms with Crippen LogP contribution in [-0.2, 0) is 20.6 Å². The molecule has 2 atom stereocenters. The minimum absolute atomic E-state index is 0.0838. The second-order valence-corrected chi connectivity index (χ2v) is 9.38. The Balaban J connectivity index is 1.57. The van der Waals surface area contributed by atoms with Crippen LogP contribution in [0.4, 0.5) is 5.69 Å². The largest absolute Gasteiger partial charge is 0.476 e. The number of carbonyl (C=O) groups excluding carboxylic acids is 1. The van der Waals surface area contributed by atoms with Gasteiger partial charge in [-0.05, 0) is 30.2 Å². The maximum Gasteiger partial charge on any atom is 0.263 e. The van der Waals surface area contributed by atoms with Gasteiger partial charge in [-0.2, -0.15) is 0 Å². The number of fused-ring (bicyclic) bond motifs is 1. The highest BCUT2D eigenvalue weighted by Crippen LogP contribution is 2.35. The van der Waals surface area contributed by atoms with E-state index in [1.54, 1.807) is 48.5 Å². The van der Waals surface area contributed by atoms with Crippen molar-refractivity contribution in [1.82, 2.24) is 5.32 Å². The van der Waals surface area contributed by atoms with Crippen molar-refractivity contribution in [2.45, 2.75) is 24.8 Å². The highest BCUT2D eigenvalue weighted by atomic mass is 32.2. The lowest BCUT2D eigenvalue weighted by atomic mass is 10.1. The van der Waals surface area contributed by atoms with Crippen molar-refractivity contribution in [3.8, 4) is 5.75 Å². The molecule has 0 radical (unpaired) electrons. The average Bonchev–Trinajstić information content (AvgIpc) is 2.79. The highest BCUT2D eigenvalue weighted by molar-refractivity contribution is 7.92. The van der Waals surface area contributed by atoms with Gasteiger partial charge < -0.3 is 10.1 Å². The van der Waals surface area contributed by atoms with E-state index < -0.39 is 16.1 Å². The molecule has 6 nitrogen and oxygen atoms in total. The molecular formula is C24H24N2O4S. The first kappa shape index (κ1) is 20.9. The summed E-state index contributed by atoms with van der Waals surface area (Å²) in [6, 6.07) is 25.2. The lowest BCUT2D eigenvalue weighted by Gasteiger charge is -2.35. The summed E-state index contributed by atoms with van der Waals surface area (Å²) in [4.78, 5) is 13.0. The molecule has 1 amide bonds. The summed E-state index contributed by atoms with van der Waals surface area (Å²) in [5.41, 5.74) is 2.09. The number of nitrogens with one attached hydrogen (secondary N) is 1. The van der Waals surface area contributed by atoms with Crippen LogP contribution in [0.5, 0.6) is 5.75 Å². The van der Waals surface area contributed by atoms with Crippen LogP contribution in [-0.4, -0.2) is 27.0 Å². The Bertz CT molecular complexity index is 1150. The second kappa shape index (κ2) is 8.81. The van der Waals surface area contributed by atoms with Crippen molar-refractivity contribution < 1.29 is 17.9 Å². The first-order chi connectivity index (χ1) is 14.9. The molecule has 0 aromatic heterocycles. The van der Waals surface area contributed by atoms with Crippen LogP contribution in [0.2, 0.25) is 0 Å². The van der Waals surface area contributed by atoms with E-state index in [0.29, 0.717) is 17.0 Å². The molecule has 0 spiro atoms. The third-order valence-corrected chi connectivity index (χ3v) is 6.93. The zero-order valence-corrected chi connectivity index (χ0v) is 18.0. The van der Waals surface area contributed by atoms with Crippen LogP contribution < -0.4 is 14.4 Å². The predicted octanol–water partition coefficient (Wildman–Crippen LogP) is 3.66. The van der Waals surface area contributed by atoms with E-state index in [4.69, 9.17) is 4.74 Å². The molecule has 1 aliphatic rings. The second-order valence-electron chi connectivity index (χ2n) is 7.49. The molecular weight excluding hydrogens is 412 g/mol. The van der Waals surface area contributed by atoms with Gasteiger partial charge in [0, 0.05) is 0 Å². The summed E-state index contributed by atoms with van der Waals surface area (Å²) in [6.07, 6.45) is -0.952. The molecule has 1 N–H and O–H groups in total. The van der Waals surface area contributed by atoms with Crippen molar-refractivity contribution in [2.75, 3.05) is 10.8 Å². The first-order valence-corrected chi connectivity index (χ1v) is 11.7. The van der Waals surface area contributed by atoms with Crippen LogP contribution >= 0.6 is 0 Å². The number of anilines is 1. The van der Waals surface area contributed by atoms with Crippen molar-refractivity contribution in [3.63, 3.8) is 0 Å². The number of nitrogens with zero attached hydrogens (tertiary/aromatic N) is 1. The molecule has 4 rings (SSSR count). The average molecular weight is 437 g/mol. The number of sulfonamides is 1. The van der Waals surface area contributed by atoms with Crippen molar-refractivity contribution in [3.05, 3.63) is 96.1 Å². The summed E-state index contributed by atoms with van der Waals surface area (Å²) in [6.45, 7) is 1.80. The van der Waals surface area contributed by atoms with Crippen LogP contribution in [0, 0.1) is 0 Å². The predicted molar refractivity (Wildman–Crippen MR) is 120 cm³/mol. The van der Waals surface area contributed by atoms with Gasteiger partial charge in [0.2, 0.25) is 10.0 Å². The Hall–Kier alpha value is -3.32. The van der Waals surface area contributed by atoms with Gasteiger partial charge in [-0.1, -0.05) is 72.8 Å². The van der Waals surface area contributed by atoms with E-state index in [1.807, 2.05) is 43.3 Å². The van der Waals surface area contributed by atoms with Gasteiger partial charge in [-0.25, -0.2) is 8.42 Å². The standard InChI is InChI=1S/C24H24N2O4S/c1-18(20-12-6-3-7-13-20)25-24(27)23-16-26(21-14-8-9-15-22(21)30-23)31(28,29)17-19-10-4-2-5-11-19/h2-15,18,23H,16-17H2,1H3,(H,25,27)/t18-,23?/m1/s1. The van der Waals surface area contributed by atoms with Gasteiger partial charge in [-0.3, -0.25) is 9.10 Å². The highest BCUT2D eigenvalue weighted by Gasteiger charge is 2.37. The van der Waals surface area contributed by atoms with E-state index >= 15 is 0 Å². The minimum Gasteiger partial charge on any atom is -0.476 e. The lowest BCUT2D eigenvalue weighted by molar-refractivity contribution is -0.128. The van der Waals surface area contributed by atoms with Gasteiger partial charge in [-0.15, -0.1) is 0 Å². The maximum atomic E-state index is 13.3. The summed E-state index contributed by atoms with van der Waals surface area (Å²) in [5.74, 6) is -0.139. The topological polar surface area (TPSA) is 75.7 Å². The fourth-order valence-corrected chi connectivity index (χ4v) is 5.18. The Morgan fingerprint density at radius 2 is 1.61 bits per heavy atom. The van der Waals surface area contributed by atoms with E-state index in [-0.39, 0.29) is 24.2 Å². The van der Waals surface area contributed by atoms with Gasteiger partial charge in [0.1, 0.15) is 5.75 Å². The summed E-state index contributed by atoms with van der Waals surface area (Å²) in [7, 11) is -3.72. The SMILES string of the molecule is C[C@@H](NC(=O)C1CN(S(=O)(=O)Cc2ccccc2)c2ccccc2O1)c1ccccc1. The molecule has 1 aliphatic heterocycles. The van der Waals surface area contributed by atoms with E-state index in [9.17, 15) is 13.2 Å². The van der Waals surface area contributed by atoms with E-state index in [1.165, 1.54) is 4.31 Å². The molecule has 0 saturated heterocycles. The molecule has 7 heteroatoms. The Morgan fingerprint density at radius 1 is 1.00 bits per heavy atom. The number of hydrogen-bond acceptors (Lipinski definition) is 4. The van der Waals surface area contributed by atoms with E-state index in [0.717, 1.165) is 5.56 Å². The third-order valence-electron chi connectivity index (χ3n) is 5.21. The van der Waals surface area contributed by atoms with Crippen LogP contribution in [0.25, 0.3) is 0 Å². The summed E-state index contributed by atoms with van der Waals surface area (Å²) >= 11 is 0. The van der Waals surface area contributed by atoms with Crippen molar-refractivity contribution >= 4 is 21.6 Å². The smallest absolute Gasteiger partial charge is 0.263 e. The molecule has 1 heterocycles. The number of ether oxygens (including phenoxy) is 1. The van der Waals surface area contributed by atoms with Crippen molar-refractivity contribution in [1.29, 1.82) is 0 Å². The maximum absolute atomic E-state index is 13.3. The number of para-hydroxylation sites is 2. The van der Waals surface area contributed by atoms with Crippen LogP contribution in [0.15, 0.2) is 84.9 Å². The quantitative estimate of drug-likeness (QED) is 0.640. The van der Waals surface area contributed by atoms with Crippen LogP contribution in [0.3, 0.4) is 0 Å². The Morgan fingerprint density at radius 3 is 2.32 bits per heavy atom. The molecule has 160 valence electrons. The molecule has 3 aromatic carbocycles. The van der Waals surface area contributed by atoms with Crippen molar-refractivity contribution in [2.24, 2.45) is 0 Å². The third kappa shape index (κ3) is 4.72. The number of hydrogen-bond donors (Lipinski definition) is 1. The number of amides is 1. The fourth-order valence-electron chi connectivity index (χ4n) is 3.60. The fraction of sp³-hybridized carbons (Fsp3) is 0.208. The van der Waals surface area contributed by atoms with Gasteiger partial charge in [0.15, 0.2) is 6.10 Å². The molecule has 0 saturated carbocycles. The van der Waals surface area contributed by atoms with Gasteiger partial charge in [0.25, 0.3) is 5.91 Å². The normalized spacial score (nSPS) is 16.7. The molecule has 0 bridgehead atoms. The van der Waals surface area contributed by atoms with Crippen LogP contribution in [0.1, 0.15) is 24.1 Å². The molecule has 0 aliphatic carbocycles. The monoisotopic (exact) mass is 436 g/mol. The molecule has 31 heavy (non-hydrogen) atoms. The lowest BCUT2D eigenvalue weighted by Crippen LogP contribution is -2.51. The van der Waals surface area contributed by atoms with E-state index in [2.05, 4.69) is 5.32 Å². The Kier molecular flexibility index (Phi) is 5.95. The van der Waals surface area contributed by atoms with Gasteiger partial charge in [0.05, 0.1) is 24.0 Å². The number of benzene rings is 3. The molecule has 1 unspecified atom stereocenters. The van der Waals surface area contributed by atoms with Gasteiger partial charge >= 0.3 is 0 Å². The molecule has 0 fully saturated rings. The summed E-state index contributed by atoms with van der Waals surface area (Å²) in [5, 5.41) is 2.93.